The fraction of sp³-hybridized carbons (Fsp3) is 0.333. The van der Waals surface area contributed by atoms with E-state index in [1.54, 1.807) is 24.3 Å². The van der Waals surface area contributed by atoms with E-state index >= 15 is 0 Å². The Bertz CT molecular complexity index is 1130. The number of anilines is 1. The Kier molecular flexibility index (Phi) is 7.87. The number of thioether (sulfide) groups is 1. The van der Waals surface area contributed by atoms with Gasteiger partial charge in [-0.25, -0.2) is 9.97 Å². The quantitative estimate of drug-likeness (QED) is 0.390. The minimum absolute atomic E-state index is 0.162. The normalized spacial score (nSPS) is 14.2. The van der Waals surface area contributed by atoms with Gasteiger partial charge in [0.2, 0.25) is 5.91 Å². The SMILES string of the molecule is CCNC(=O)c1cccc(NC(=O)CSc2nc(CN3CCOCC3)nc3ccccc23)c1. The zero-order valence-corrected chi connectivity index (χ0v) is 19.4. The predicted octanol–water partition coefficient (Wildman–Crippen LogP) is 2.94. The molecule has 2 aromatic carbocycles. The highest BCUT2D eigenvalue weighted by atomic mass is 32.2. The molecule has 0 bridgehead atoms. The van der Waals surface area contributed by atoms with Gasteiger partial charge in [0.15, 0.2) is 0 Å². The van der Waals surface area contributed by atoms with Gasteiger partial charge in [-0.3, -0.25) is 14.5 Å². The predicted molar refractivity (Wildman–Crippen MR) is 129 cm³/mol. The van der Waals surface area contributed by atoms with Gasteiger partial charge < -0.3 is 15.4 Å². The fourth-order valence-corrected chi connectivity index (χ4v) is 4.40. The number of aromatic nitrogens is 2. The van der Waals surface area contributed by atoms with Crippen molar-refractivity contribution in [3.05, 3.63) is 59.9 Å². The van der Waals surface area contributed by atoms with Gasteiger partial charge in [0.05, 0.1) is 31.0 Å². The van der Waals surface area contributed by atoms with Crippen LogP contribution in [-0.4, -0.2) is 65.3 Å². The molecule has 2 N–H and O–H groups in total. The number of fused-ring (bicyclic) bond motifs is 1. The topological polar surface area (TPSA) is 96.5 Å². The molecule has 0 spiro atoms. The summed E-state index contributed by atoms with van der Waals surface area (Å²) >= 11 is 1.39. The maximum absolute atomic E-state index is 12.6. The Balaban J connectivity index is 1.44. The van der Waals surface area contributed by atoms with Gasteiger partial charge in [0.25, 0.3) is 5.91 Å². The number of carbonyl (C=O) groups is 2. The largest absolute Gasteiger partial charge is 0.379 e. The second kappa shape index (κ2) is 11.2. The summed E-state index contributed by atoms with van der Waals surface area (Å²) in [6, 6.07) is 14.8. The van der Waals surface area contributed by atoms with Gasteiger partial charge >= 0.3 is 0 Å². The molecular formula is C24H27N5O3S. The molecule has 1 fully saturated rings. The summed E-state index contributed by atoms with van der Waals surface area (Å²) < 4.78 is 5.42. The Morgan fingerprint density at radius 3 is 2.73 bits per heavy atom. The van der Waals surface area contributed by atoms with Crippen LogP contribution in [0.1, 0.15) is 23.1 Å². The van der Waals surface area contributed by atoms with Crippen LogP contribution in [-0.2, 0) is 16.1 Å². The summed E-state index contributed by atoms with van der Waals surface area (Å²) in [5.41, 5.74) is 1.97. The molecule has 0 atom stereocenters. The van der Waals surface area contributed by atoms with E-state index in [1.165, 1.54) is 11.8 Å². The van der Waals surface area contributed by atoms with E-state index in [-0.39, 0.29) is 17.6 Å². The number of benzene rings is 2. The second-order valence-corrected chi connectivity index (χ2v) is 8.59. The molecule has 8 nitrogen and oxygen atoms in total. The number of nitrogens with one attached hydrogen (secondary N) is 2. The lowest BCUT2D eigenvalue weighted by atomic mass is 10.2. The van der Waals surface area contributed by atoms with Crippen molar-refractivity contribution in [1.82, 2.24) is 20.2 Å². The highest BCUT2D eigenvalue weighted by Crippen LogP contribution is 2.26. The summed E-state index contributed by atoms with van der Waals surface area (Å²) in [7, 11) is 0. The van der Waals surface area contributed by atoms with E-state index in [9.17, 15) is 9.59 Å². The molecule has 0 aliphatic carbocycles. The molecule has 33 heavy (non-hydrogen) atoms. The van der Waals surface area contributed by atoms with Crippen molar-refractivity contribution < 1.29 is 14.3 Å². The van der Waals surface area contributed by atoms with Crippen molar-refractivity contribution in [2.45, 2.75) is 18.5 Å². The Labute approximate surface area is 197 Å². The standard InChI is InChI=1S/C24H27N5O3S/c1-2-25-23(31)17-6-5-7-18(14-17)26-22(30)16-33-24-19-8-3-4-9-20(19)27-21(28-24)15-29-10-12-32-13-11-29/h3-9,14H,2,10-13,15-16H2,1H3,(H,25,31)(H,26,30). The molecule has 9 heteroatoms. The van der Waals surface area contributed by atoms with E-state index in [0.717, 1.165) is 48.1 Å². The number of ether oxygens (including phenoxy) is 1. The lowest BCUT2D eigenvalue weighted by molar-refractivity contribution is -0.113. The van der Waals surface area contributed by atoms with E-state index in [4.69, 9.17) is 14.7 Å². The van der Waals surface area contributed by atoms with Crippen LogP contribution in [0.15, 0.2) is 53.6 Å². The third-order valence-electron chi connectivity index (χ3n) is 5.17. The first-order chi connectivity index (χ1) is 16.1. The van der Waals surface area contributed by atoms with Gasteiger partial charge in [0, 0.05) is 36.3 Å². The monoisotopic (exact) mass is 465 g/mol. The summed E-state index contributed by atoms with van der Waals surface area (Å²) in [6.45, 7) is 6.22. The maximum atomic E-state index is 12.6. The number of nitrogens with zero attached hydrogens (tertiary/aromatic N) is 3. The maximum Gasteiger partial charge on any atom is 0.251 e. The van der Waals surface area contributed by atoms with Crippen molar-refractivity contribution in [2.24, 2.45) is 0 Å². The van der Waals surface area contributed by atoms with Gasteiger partial charge in [-0.15, -0.1) is 0 Å². The molecule has 0 unspecified atom stereocenters. The lowest BCUT2D eigenvalue weighted by Gasteiger charge is -2.25. The highest BCUT2D eigenvalue weighted by Gasteiger charge is 2.15. The fourth-order valence-electron chi connectivity index (χ4n) is 3.57. The van der Waals surface area contributed by atoms with Crippen LogP contribution in [0, 0.1) is 0 Å². The van der Waals surface area contributed by atoms with Crippen LogP contribution >= 0.6 is 11.8 Å². The number of amides is 2. The zero-order valence-electron chi connectivity index (χ0n) is 18.5. The smallest absolute Gasteiger partial charge is 0.251 e. The number of morpholine rings is 1. The van der Waals surface area contributed by atoms with Crippen molar-refractivity contribution >= 4 is 40.2 Å². The van der Waals surface area contributed by atoms with Crippen molar-refractivity contribution in [3.63, 3.8) is 0 Å². The summed E-state index contributed by atoms with van der Waals surface area (Å²) in [5.74, 6) is 0.616. The molecule has 1 aliphatic heterocycles. The van der Waals surface area contributed by atoms with E-state index in [1.807, 2.05) is 31.2 Å². The summed E-state index contributed by atoms with van der Waals surface area (Å²) in [5, 5.41) is 7.35. The average molecular weight is 466 g/mol. The minimum atomic E-state index is -0.164. The lowest BCUT2D eigenvalue weighted by Crippen LogP contribution is -2.36. The summed E-state index contributed by atoms with van der Waals surface area (Å²) in [4.78, 5) is 36.4. The van der Waals surface area contributed by atoms with Crippen LogP contribution < -0.4 is 10.6 Å². The molecule has 1 aromatic heterocycles. The molecule has 2 heterocycles. The first-order valence-corrected chi connectivity index (χ1v) is 12.0. The van der Waals surface area contributed by atoms with Gasteiger partial charge in [-0.2, -0.15) is 0 Å². The number of rotatable bonds is 8. The first-order valence-electron chi connectivity index (χ1n) is 11.0. The second-order valence-electron chi connectivity index (χ2n) is 7.63. The number of para-hydroxylation sites is 1. The van der Waals surface area contributed by atoms with Gasteiger partial charge in [-0.1, -0.05) is 36.0 Å². The van der Waals surface area contributed by atoms with Gasteiger partial charge in [-0.05, 0) is 31.2 Å². The molecule has 0 saturated carbocycles. The number of carbonyl (C=O) groups excluding carboxylic acids is 2. The average Bonchev–Trinajstić information content (AvgIpc) is 2.83. The van der Waals surface area contributed by atoms with Crippen molar-refractivity contribution in [2.75, 3.05) is 43.9 Å². The highest BCUT2D eigenvalue weighted by molar-refractivity contribution is 8.00. The van der Waals surface area contributed by atoms with Crippen LogP contribution in [0.2, 0.25) is 0 Å². The number of hydrogen-bond donors (Lipinski definition) is 2. The molecule has 1 aliphatic rings. The van der Waals surface area contributed by atoms with Crippen molar-refractivity contribution in [3.8, 4) is 0 Å². The molecule has 2 amide bonds. The Hall–Kier alpha value is -3.01. The number of hydrogen-bond acceptors (Lipinski definition) is 7. The third-order valence-corrected chi connectivity index (χ3v) is 6.16. The van der Waals surface area contributed by atoms with Crippen LogP contribution in [0.5, 0.6) is 0 Å². The molecular weight excluding hydrogens is 438 g/mol. The van der Waals surface area contributed by atoms with E-state index < -0.39 is 0 Å². The molecule has 3 aromatic rings. The molecule has 1 saturated heterocycles. The molecule has 0 radical (unpaired) electrons. The summed E-state index contributed by atoms with van der Waals surface area (Å²) in [6.07, 6.45) is 0. The van der Waals surface area contributed by atoms with Crippen LogP contribution in [0.4, 0.5) is 5.69 Å². The Morgan fingerprint density at radius 1 is 1.09 bits per heavy atom. The van der Waals surface area contributed by atoms with E-state index in [0.29, 0.717) is 24.3 Å². The van der Waals surface area contributed by atoms with E-state index in [2.05, 4.69) is 15.5 Å². The Morgan fingerprint density at radius 2 is 1.91 bits per heavy atom. The van der Waals surface area contributed by atoms with Gasteiger partial charge in [0.1, 0.15) is 10.9 Å². The van der Waals surface area contributed by atoms with Crippen LogP contribution in [0.3, 0.4) is 0 Å². The van der Waals surface area contributed by atoms with Crippen molar-refractivity contribution in [1.29, 1.82) is 0 Å². The zero-order chi connectivity index (χ0) is 23.0. The minimum Gasteiger partial charge on any atom is -0.379 e. The van der Waals surface area contributed by atoms with Crippen LogP contribution in [0.25, 0.3) is 10.9 Å². The molecule has 172 valence electrons. The third kappa shape index (κ3) is 6.28. The molecule has 4 rings (SSSR count). The first kappa shape index (κ1) is 23.2.